The van der Waals surface area contributed by atoms with Crippen LogP contribution in [0.3, 0.4) is 0 Å². The summed E-state index contributed by atoms with van der Waals surface area (Å²) in [4.78, 5) is 53.9. The van der Waals surface area contributed by atoms with Gasteiger partial charge >= 0.3 is 6.03 Å². The van der Waals surface area contributed by atoms with E-state index in [9.17, 15) is 14.4 Å². The Labute approximate surface area is 235 Å². The van der Waals surface area contributed by atoms with Gasteiger partial charge in [-0.2, -0.15) is 5.10 Å². The third-order valence-corrected chi connectivity index (χ3v) is 7.78. The molecule has 2 saturated carbocycles. The Balaban J connectivity index is 1.05. The summed E-state index contributed by atoms with van der Waals surface area (Å²) in [7, 11) is 1.49. The predicted octanol–water partition coefficient (Wildman–Crippen LogP) is 2.85. The average molecular weight is 553 g/mol. The first kappa shape index (κ1) is 25.1. The van der Waals surface area contributed by atoms with Crippen LogP contribution in [0.25, 0.3) is 5.65 Å². The first-order valence-corrected chi connectivity index (χ1v) is 13.6. The van der Waals surface area contributed by atoms with E-state index in [4.69, 9.17) is 4.98 Å². The molecular weight excluding hydrogens is 524 g/mol. The summed E-state index contributed by atoms with van der Waals surface area (Å²) in [6, 6.07) is 5.19. The van der Waals surface area contributed by atoms with Crippen LogP contribution in [-0.2, 0) is 16.1 Å². The maximum absolute atomic E-state index is 12.8. The number of pyridine rings is 1. The number of imidazole rings is 1. The van der Waals surface area contributed by atoms with Crippen molar-refractivity contribution < 1.29 is 14.4 Å². The van der Waals surface area contributed by atoms with Crippen molar-refractivity contribution in [3.8, 4) is 0 Å². The van der Waals surface area contributed by atoms with Gasteiger partial charge in [-0.15, -0.1) is 5.10 Å². The lowest BCUT2D eigenvalue weighted by Crippen LogP contribution is -2.30. The SMILES string of the molecule is Cc1ccnc(C2CC2C(=O)Nc2cc(NCc3cn4cc(C5CC5)cc(N5CC(=O)N(C)C5=O)c4n3)cnn2)n1. The number of amides is 4. The maximum atomic E-state index is 12.8. The highest BCUT2D eigenvalue weighted by atomic mass is 16.2. The second kappa shape index (κ2) is 9.61. The first-order chi connectivity index (χ1) is 19.8. The van der Waals surface area contributed by atoms with Crippen molar-refractivity contribution in [3.63, 3.8) is 0 Å². The Bertz CT molecular complexity index is 1710. The molecule has 0 bridgehead atoms. The van der Waals surface area contributed by atoms with Gasteiger partial charge in [-0.1, -0.05) is 0 Å². The van der Waals surface area contributed by atoms with E-state index in [-0.39, 0.29) is 36.2 Å². The van der Waals surface area contributed by atoms with Crippen LogP contribution in [0.5, 0.6) is 0 Å². The molecule has 2 unspecified atom stereocenters. The lowest BCUT2D eigenvalue weighted by Gasteiger charge is -2.17. The zero-order chi connectivity index (χ0) is 28.2. The summed E-state index contributed by atoms with van der Waals surface area (Å²) in [5.41, 5.74) is 4.66. The third kappa shape index (κ3) is 4.83. The van der Waals surface area contributed by atoms with Gasteiger partial charge in [0.2, 0.25) is 11.8 Å². The zero-order valence-corrected chi connectivity index (χ0v) is 22.6. The monoisotopic (exact) mass is 552 g/mol. The molecule has 3 fully saturated rings. The molecule has 0 radical (unpaired) electrons. The normalized spacial score (nSPS) is 20.1. The summed E-state index contributed by atoms with van der Waals surface area (Å²) in [6.45, 7) is 2.28. The molecular formula is C28H28N10O3. The minimum atomic E-state index is -0.353. The molecule has 2 atom stereocenters. The van der Waals surface area contributed by atoms with E-state index in [0.29, 0.717) is 47.5 Å². The summed E-state index contributed by atoms with van der Waals surface area (Å²) < 4.78 is 1.93. The third-order valence-electron chi connectivity index (χ3n) is 7.78. The Hall–Kier alpha value is -4.94. The number of aromatic nitrogens is 6. The number of rotatable bonds is 8. The number of urea groups is 1. The van der Waals surface area contributed by atoms with Gasteiger partial charge in [0.1, 0.15) is 12.4 Å². The predicted molar refractivity (Wildman–Crippen MR) is 148 cm³/mol. The molecule has 4 aromatic rings. The molecule has 2 aliphatic carbocycles. The fourth-order valence-electron chi connectivity index (χ4n) is 5.21. The van der Waals surface area contributed by atoms with Gasteiger partial charge in [-0.3, -0.25) is 19.4 Å². The summed E-state index contributed by atoms with van der Waals surface area (Å²) >= 11 is 0. The van der Waals surface area contributed by atoms with Crippen LogP contribution in [0.15, 0.2) is 43.0 Å². The highest BCUT2D eigenvalue weighted by molar-refractivity contribution is 6.13. The molecule has 0 aromatic carbocycles. The fraction of sp³-hybridized carbons (Fsp3) is 0.357. The van der Waals surface area contributed by atoms with Crippen molar-refractivity contribution in [1.82, 2.24) is 34.4 Å². The number of carbonyl (C=O) groups excluding carboxylic acids is 3. The topological polar surface area (TPSA) is 151 Å². The lowest BCUT2D eigenvalue weighted by molar-refractivity contribution is -0.124. The number of imide groups is 1. The number of anilines is 3. The average Bonchev–Trinajstić information content (AvgIpc) is 3.89. The number of hydrogen-bond acceptors (Lipinski definition) is 9. The second-order valence-corrected chi connectivity index (χ2v) is 10.9. The smallest absolute Gasteiger partial charge is 0.331 e. The van der Waals surface area contributed by atoms with Crippen molar-refractivity contribution >= 4 is 40.7 Å². The van der Waals surface area contributed by atoms with Gasteiger partial charge in [0.15, 0.2) is 11.5 Å². The van der Waals surface area contributed by atoms with Gasteiger partial charge in [-0.25, -0.2) is 19.7 Å². The van der Waals surface area contributed by atoms with E-state index in [0.717, 1.165) is 34.7 Å². The minimum Gasteiger partial charge on any atom is -0.378 e. The number of nitrogens with one attached hydrogen (secondary N) is 2. The number of hydrogen-bond donors (Lipinski definition) is 2. The standard InChI is InChI=1S/C28H28N10O3/c1-15-5-6-29-25(32-15)20-9-21(20)27(40)34-23-8-18(11-31-35-23)30-10-19-13-37-12-17(16-3-4-16)7-22(26(37)33-19)38-14-24(39)36(2)28(38)41/h5-8,11-13,16,20-21H,3-4,9-10,14H2,1-2H3,(H2,30,34,35,40). The van der Waals surface area contributed by atoms with E-state index in [1.165, 1.54) is 11.9 Å². The highest BCUT2D eigenvalue weighted by Crippen LogP contribution is 2.46. The maximum Gasteiger partial charge on any atom is 0.331 e. The zero-order valence-electron chi connectivity index (χ0n) is 22.6. The number of carbonyl (C=O) groups is 3. The highest BCUT2D eigenvalue weighted by Gasteiger charge is 2.46. The van der Waals surface area contributed by atoms with Crippen LogP contribution in [0.4, 0.5) is 22.0 Å². The molecule has 3 aliphatic rings. The van der Waals surface area contributed by atoms with Crippen molar-refractivity contribution in [2.24, 2.45) is 5.92 Å². The Morgan fingerprint density at radius 2 is 2.00 bits per heavy atom. The van der Waals surface area contributed by atoms with E-state index in [1.54, 1.807) is 18.5 Å². The first-order valence-electron chi connectivity index (χ1n) is 13.6. The Kier molecular flexibility index (Phi) is 5.87. The molecule has 13 nitrogen and oxygen atoms in total. The number of aryl methyl sites for hydroxylation is 1. The van der Waals surface area contributed by atoms with E-state index in [1.807, 2.05) is 35.9 Å². The molecule has 13 heteroatoms. The minimum absolute atomic E-state index is 0.00362. The van der Waals surface area contributed by atoms with Crippen molar-refractivity contribution in [1.29, 1.82) is 0 Å². The van der Waals surface area contributed by atoms with E-state index < -0.39 is 0 Å². The molecule has 1 aliphatic heterocycles. The van der Waals surface area contributed by atoms with Crippen LogP contribution in [-0.4, -0.2) is 65.9 Å². The molecule has 0 spiro atoms. The van der Waals surface area contributed by atoms with Gasteiger partial charge in [0.25, 0.3) is 0 Å². The Morgan fingerprint density at radius 3 is 2.76 bits per heavy atom. The van der Waals surface area contributed by atoms with Gasteiger partial charge in [0, 0.05) is 49.2 Å². The number of nitrogens with zero attached hydrogens (tertiary/aromatic N) is 8. The van der Waals surface area contributed by atoms with Gasteiger partial charge < -0.3 is 15.0 Å². The van der Waals surface area contributed by atoms with Crippen LogP contribution in [0, 0.1) is 12.8 Å². The van der Waals surface area contributed by atoms with Crippen LogP contribution >= 0.6 is 0 Å². The second-order valence-electron chi connectivity index (χ2n) is 10.9. The molecule has 4 aromatic heterocycles. The van der Waals surface area contributed by atoms with E-state index >= 15 is 0 Å². The fourth-order valence-corrected chi connectivity index (χ4v) is 5.21. The van der Waals surface area contributed by atoms with Gasteiger partial charge in [-0.05, 0) is 49.8 Å². The molecule has 208 valence electrons. The van der Waals surface area contributed by atoms with Crippen molar-refractivity contribution in [2.75, 3.05) is 29.1 Å². The van der Waals surface area contributed by atoms with Crippen LogP contribution in [0.2, 0.25) is 0 Å². The molecule has 1 saturated heterocycles. The van der Waals surface area contributed by atoms with Gasteiger partial charge in [0.05, 0.1) is 29.8 Å². The Morgan fingerprint density at radius 1 is 1.15 bits per heavy atom. The number of fused-ring (bicyclic) bond motifs is 1. The largest absolute Gasteiger partial charge is 0.378 e. The molecule has 7 rings (SSSR count). The summed E-state index contributed by atoms with van der Waals surface area (Å²) in [5.74, 6) is 0.945. The molecule has 5 heterocycles. The molecule has 4 amide bonds. The summed E-state index contributed by atoms with van der Waals surface area (Å²) in [6.07, 6.45) is 10.2. The van der Waals surface area contributed by atoms with Crippen molar-refractivity contribution in [2.45, 2.75) is 44.6 Å². The van der Waals surface area contributed by atoms with Crippen molar-refractivity contribution in [3.05, 3.63) is 65.8 Å². The van der Waals surface area contributed by atoms with Crippen LogP contribution < -0.4 is 15.5 Å². The quantitative estimate of drug-likeness (QED) is 0.315. The molecule has 2 N–H and O–H groups in total. The lowest BCUT2D eigenvalue weighted by atomic mass is 10.1. The molecule has 41 heavy (non-hydrogen) atoms. The van der Waals surface area contributed by atoms with Crippen LogP contribution in [0.1, 0.15) is 53.9 Å². The summed E-state index contributed by atoms with van der Waals surface area (Å²) in [5, 5.41) is 14.2. The van der Waals surface area contributed by atoms with E-state index in [2.05, 4.69) is 30.8 Å². The number of likely N-dealkylation sites (N-methyl/N-ethyl adjacent to an activating group) is 1.